The van der Waals surface area contributed by atoms with Gasteiger partial charge in [-0.3, -0.25) is 4.79 Å². The zero-order valence-electron chi connectivity index (χ0n) is 10.2. The second-order valence-electron chi connectivity index (χ2n) is 5.08. The van der Waals surface area contributed by atoms with Crippen molar-refractivity contribution in [3.8, 4) is 0 Å². The second-order valence-corrected chi connectivity index (χ2v) is 5.08. The van der Waals surface area contributed by atoms with Crippen LogP contribution >= 0.6 is 0 Å². The smallest absolute Gasteiger partial charge is 0.230 e. The van der Waals surface area contributed by atoms with E-state index in [2.05, 4.69) is 0 Å². The molecule has 0 radical (unpaired) electrons. The summed E-state index contributed by atoms with van der Waals surface area (Å²) in [4.78, 5) is 14.4. The Bertz CT molecular complexity index is 414. The van der Waals surface area contributed by atoms with E-state index in [0.29, 0.717) is 25.8 Å². The Labute approximate surface area is 106 Å². The summed E-state index contributed by atoms with van der Waals surface area (Å²) in [5.74, 6) is 0.738. The van der Waals surface area contributed by atoms with Crippen LogP contribution in [0.3, 0.4) is 0 Å². The molecule has 0 aromatic carbocycles. The van der Waals surface area contributed by atoms with Gasteiger partial charge in [0.2, 0.25) is 5.91 Å². The molecule has 2 aliphatic rings. The Kier molecular flexibility index (Phi) is 3.09. The minimum absolute atomic E-state index is 0.110. The van der Waals surface area contributed by atoms with Crippen LogP contribution in [0.5, 0.6) is 0 Å². The van der Waals surface area contributed by atoms with Gasteiger partial charge in [0.15, 0.2) is 0 Å². The maximum atomic E-state index is 12.5. The molecule has 1 aliphatic heterocycles. The number of rotatable bonds is 4. The summed E-state index contributed by atoms with van der Waals surface area (Å²) in [5.41, 5.74) is 5.92. The predicted molar refractivity (Wildman–Crippen MR) is 64.6 cm³/mol. The van der Waals surface area contributed by atoms with E-state index in [0.717, 1.165) is 18.6 Å². The van der Waals surface area contributed by atoms with Gasteiger partial charge in [0.25, 0.3) is 0 Å². The van der Waals surface area contributed by atoms with Gasteiger partial charge in [-0.25, -0.2) is 0 Å². The number of ether oxygens (including phenoxy) is 1. The SMILES string of the molecule is NC1COCC1C(=O)N(Cc1ccco1)C1CC1. The molecule has 2 unspecified atom stereocenters. The number of nitrogens with zero attached hydrogens (tertiary/aromatic N) is 1. The monoisotopic (exact) mass is 250 g/mol. The summed E-state index contributed by atoms with van der Waals surface area (Å²) in [6.45, 7) is 1.47. The first-order chi connectivity index (χ1) is 8.75. The van der Waals surface area contributed by atoms with Crippen LogP contribution < -0.4 is 5.73 Å². The Morgan fingerprint density at radius 3 is 2.83 bits per heavy atom. The third-order valence-corrected chi connectivity index (χ3v) is 3.62. The molecule has 0 spiro atoms. The van der Waals surface area contributed by atoms with Gasteiger partial charge in [-0.15, -0.1) is 0 Å². The van der Waals surface area contributed by atoms with Crippen LogP contribution in [0.25, 0.3) is 0 Å². The van der Waals surface area contributed by atoms with Crippen molar-refractivity contribution in [1.82, 2.24) is 4.90 Å². The fourth-order valence-electron chi connectivity index (χ4n) is 2.38. The number of hydrogen-bond acceptors (Lipinski definition) is 4. The second kappa shape index (κ2) is 4.74. The van der Waals surface area contributed by atoms with E-state index >= 15 is 0 Å². The largest absolute Gasteiger partial charge is 0.467 e. The minimum Gasteiger partial charge on any atom is -0.467 e. The molecule has 5 nitrogen and oxygen atoms in total. The molecular formula is C13H18N2O3. The first-order valence-electron chi connectivity index (χ1n) is 6.42. The van der Waals surface area contributed by atoms with Crippen molar-refractivity contribution in [2.75, 3.05) is 13.2 Å². The summed E-state index contributed by atoms with van der Waals surface area (Å²) >= 11 is 0. The molecular weight excluding hydrogens is 232 g/mol. The van der Waals surface area contributed by atoms with E-state index in [1.807, 2.05) is 17.0 Å². The van der Waals surface area contributed by atoms with Gasteiger partial charge in [-0.05, 0) is 25.0 Å². The van der Waals surface area contributed by atoms with E-state index in [9.17, 15) is 4.79 Å². The standard InChI is InChI=1S/C13H18N2O3/c14-12-8-17-7-11(12)13(16)15(9-3-4-9)6-10-2-1-5-18-10/h1-2,5,9,11-12H,3-4,6-8,14H2. The molecule has 5 heteroatoms. The molecule has 2 heterocycles. The maximum Gasteiger partial charge on any atom is 0.230 e. The highest BCUT2D eigenvalue weighted by Gasteiger charge is 2.40. The molecule has 1 aliphatic carbocycles. The van der Waals surface area contributed by atoms with E-state index in [4.69, 9.17) is 14.9 Å². The Hall–Kier alpha value is -1.33. The Balaban J connectivity index is 1.71. The summed E-state index contributed by atoms with van der Waals surface area (Å²) in [6.07, 6.45) is 3.79. The van der Waals surface area contributed by atoms with Crippen LogP contribution in [0.1, 0.15) is 18.6 Å². The molecule has 1 saturated carbocycles. The average Bonchev–Trinajstić information content (AvgIpc) is 2.89. The van der Waals surface area contributed by atoms with Crippen molar-refractivity contribution in [3.05, 3.63) is 24.2 Å². The average molecular weight is 250 g/mol. The molecule has 1 saturated heterocycles. The molecule has 1 aromatic heterocycles. The molecule has 3 rings (SSSR count). The van der Waals surface area contributed by atoms with Crippen molar-refractivity contribution in [3.63, 3.8) is 0 Å². The van der Waals surface area contributed by atoms with Crippen molar-refractivity contribution < 1.29 is 13.9 Å². The van der Waals surface area contributed by atoms with Crippen molar-refractivity contribution in [1.29, 1.82) is 0 Å². The Morgan fingerprint density at radius 1 is 1.44 bits per heavy atom. The van der Waals surface area contributed by atoms with Crippen LogP contribution in [-0.2, 0) is 16.1 Å². The number of furan rings is 1. The van der Waals surface area contributed by atoms with Crippen molar-refractivity contribution >= 4 is 5.91 Å². The van der Waals surface area contributed by atoms with Gasteiger partial charge < -0.3 is 19.8 Å². The van der Waals surface area contributed by atoms with E-state index in [-0.39, 0.29) is 17.9 Å². The van der Waals surface area contributed by atoms with Gasteiger partial charge >= 0.3 is 0 Å². The van der Waals surface area contributed by atoms with Crippen LogP contribution in [-0.4, -0.2) is 36.1 Å². The summed E-state index contributed by atoms with van der Waals surface area (Å²) in [7, 11) is 0. The molecule has 98 valence electrons. The van der Waals surface area contributed by atoms with E-state index in [1.54, 1.807) is 6.26 Å². The van der Waals surface area contributed by atoms with Gasteiger partial charge in [-0.2, -0.15) is 0 Å². The van der Waals surface area contributed by atoms with E-state index in [1.165, 1.54) is 0 Å². The number of carbonyl (C=O) groups excluding carboxylic acids is 1. The molecule has 2 atom stereocenters. The van der Waals surface area contributed by atoms with E-state index < -0.39 is 0 Å². The molecule has 0 bridgehead atoms. The highest BCUT2D eigenvalue weighted by atomic mass is 16.5. The van der Waals surface area contributed by atoms with Crippen LogP contribution in [0.15, 0.2) is 22.8 Å². The molecule has 1 aromatic rings. The number of amides is 1. The number of nitrogens with two attached hydrogens (primary N) is 1. The van der Waals surface area contributed by atoms with Crippen LogP contribution in [0, 0.1) is 5.92 Å². The normalized spacial score (nSPS) is 27.4. The Morgan fingerprint density at radius 2 is 2.28 bits per heavy atom. The van der Waals surface area contributed by atoms with Gasteiger partial charge in [-0.1, -0.05) is 0 Å². The highest BCUT2D eigenvalue weighted by Crippen LogP contribution is 2.31. The quantitative estimate of drug-likeness (QED) is 0.856. The van der Waals surface area contributed by atoms with Crippen molar-refractivity contribution in [2.45, 2.75) is 31.5 Å². The topological polar surface area (TPSA) is 68.7 Å². The summed E-state index contributed by atoms with van der Waals surface area (Å²) in [6, 6.07) is 3.93. The third kappa shape index (κ3) is 2.28. The summed E-state index contributed by atoms with van der Waals surface area (Å²) in [5, 5.41) is 0. The third-order valence-electron chi connectivity index (χ3n) is 3.62. The first-order valence-corrected chi connectivity index (χ1v) is 6.42. The maximum absolute atomic E-state index is 12.5. The number of hydrogen-bond donors (Lipinski definition) is 1. The predicted octanol–water partition coefficient (Wildman–Crippen LogP) is 0.744. The fourth-order valence-corrected chi connectivity index (χ4v) is 2.38. The van der Waals surface area contributed by atoms with Gasteiger partial charge in [0, 0.05) is 12.1 Å². The van der Waals surface area contributed by atoms with Crippen LogP contribution in [0.4, 0.5) is 0 Å². The fraction of sp³-hybridized carbons (Fsp3) is 0.615. The molecule has 2 fully saturated rings. The lowest BCUT2D eigenvalue weighted by Crippen LogP contribution is -2.44. The van der Waals surface area contributed by atoms with Crippen molar-refractivity contribution in [2.24, 2.45) is 11.7 Å². The zero-order valence-corrected chi connectivity index (χ0v) is 10.2. The lowest BCUT2D eigenvalue weighted by molar-refractivity contribution is -0.137. The zero-order chi connectivity index (χ0) is 12.5. The lowest BCUT2D eigenvalue weighted by Gasteiger charge is -2.25. The molecule has 18 heavy (non-hydrogen) atoms. The van der Waals surface area contributed by atoms with Gasteiger partial charge in [0.05, 0.1) is 31.9 Å². The highest BCUT2D eigenvalue weighted by molar-refractivity contribution is 5.80. The van der Waals surface area contributed by atoms with Gasteiger partial charge in [0.1, 0.15) is 5.76 Å². The first kappa shape index (κ1) is 11.7. The summed E-state index contributed by atoms with van der Waals surface area (Å²) < 4.78 is 10.6. The minimum atomic E-state index is -0.194. The lowest BCUT2D eigenvalue weighted by atomic mass is 10.0. The molecule has 1 amide bonds. The van der Waals surface area contributed by atoms with Crippen LogP contribution in [0.2, 0.25) is 0 Å². The number of carbonyl (C=O) groups is 1. The molecule has 2 N–H and O–H groups in total.